The van der Waals surface area contributed by atoms with Gasteiger partial charge in [-0.2, -0.15) is 0 Å². The van der Waals surface area contributed by atoms with Gasteiger partial charge >= 0.3 is 0 Å². The summed E-state index contributed by atoms with van der Waals surface area (Å²) in [6.45, 7) is 0. The number of nitrogens with one attached hydrogen (secondary N) is 1. The molecule has 2 aromatic rings. The second-order valence-electron chi connectivity index (χ2n) is 4.78. The molecule has 1 N–H and O–H groups in total. The van der Waals surface area contributed by atoms with Crippen LogP contribution in [0.5, 0.6) is 17.2 Å². The average molecular weight is 348 g/mol. The molecule has 6 heteroatoms. The third-order valence-electron chi connectivity index (χ3n) is 3.27. The molecule has 0 unspecified atom stereocenters. The SMILES string of the molecule is COc1ccc(C=CC(=O)Nc2ccc(OC)c(Cl)c2)c(OC)c1. The van der Waals surface area contributed by atoms with Crippen molar-refractivity contribution in [2.75, 3.05) is 26.6 Å². The first-order chi connectivity index (χ1) is 11.6. The minimum absolute atomic E-state index is 0.283. The minimum atomic E-state index is -0.283. The quantitative estimate of drug-likeness (QED) is 0.802. The smallest absolute Gasteiger partial charge is 0.248 e. The second kappa shape index (κ2) is 8.26. The Kier molecular flexibility index (Phi) is 6.09. The third kappa shape index (κ3) is 4.43. The lowest BCUT2D eigenvalue weighted by atomic mass is 10.1. The van der Waals surface area contributed by atoms with E-state index in [9.17, 15) is 4.79 Å². The lowest BCUT2D eigenvalue weighted by Crippen LogP contribution is -2.07. The largest absolute Gasteiger partial charge is 0.497 e. The number of rotatable bonds is 6. The summed E-state index contributed by atoms with van der Waals surface area (Å²) in [6, 6.07) is 10.4. The number of methoxy groups -OCH3 is 3. The Labute approximate surface area is 145 Å². The van der Waals surface area contributed by atoms with Gasteiger partial charge in [0.2, 0.25) is 5.91 Å². The Balaban J connectivity index is 2.09. The monoisotopic (exact) mass is 347 g/mol. The summed E-state index contributed by atoms with van der Waals surface area (Å²) < 4.78 is 15.5. The van der Waals surface area contributed by atoms with Crippen molar-refractivity contribution in [1.82, 2.24) is 0 Å². The molecule has 2 rings (SSSR count). The van der Waals surface area contributed by atoms with E-state index in [0.29, 0.717) is 28.0 Å². The lowest BCUT2D eigenvalue weighted by Gasteiger charge is -2.08. The number of carbonyl (C=O) groups excluding carboxylic acids is 1. The van der Waals surface area contributed by atoms with E-state index in [2.05, 4.69) is 5.32 Å². The summed E-state index contributed by atoms with van der Waals surface area (Å²) in [5.74, 6) is 1.56. The number of ether oxygens (including phenoxy) is 3. The van der Waals surface area contributed by atoms with Crippen molar-refractivity contribution in [2.45, 2.75) is 0 Å². The molecule has 5 nitrogen and oxygen atoms in total. The molecule has 0 radical (unpaired) electrons. The van der Waals surface area contributed by atoms with Crippen LogP contribution in [0, 0.1) is 0 Å². The van der Waals surface area contributed by atoms with Crippen LogP contribution < -0.4 is 19.5 Å². The summed E-state index contributed by atoms with van der Waals surface area (Å²) in [7, 11) is 4.67. The molecular formula is C18H18ClNO4. The summed E-state index contributed by atoms with van der Waals surface area (Å²) in [5, 5.41) is 3.16. The van der Waals surface area contributed by atoms with Crippen molar-refractivity contribution in [1.29, 1.82) is 0 Å². The number of benzene rings is 2. The van der Waals surface area contributed by atoms with Crippen LogP contribution in [0.1, 0.15) is 5.56 Å². The van der Waals surface area contributed by atoms with E-state index in [-0.39, 0.29) is 5.91 Å². The highest BCUT2D eigenvalue weighted by atomic mass is 35.5. The molecular weight excluding hydrogens is 330 g/mol. The Morgan fingerprint density at radius 1 is 1.00 bits per heavy atom. The van der Waals surface area contributed by atoms with E-state index in [1.54, 1.807) is 50.6 Å². The number of hydrogen-bond acceptors (Lipinski definition) is 4. The van der Waals surface area contributed by atoms with Crippen LogP contribution in [-0.2, 0) is 4.79 Å². The lowest BCUT2D eigenvalue weighted by molar-refractivity contribution is -0.111. The maximum Gasteiger partial charge on any atom is 0.248 e. The first kappa shape index (κ1) is 17.7. The van der Waals surface area contributed by atoms with Crippen molar-refractivity contribution in [3.8, 4) is 17.2 Å². The van der Waals surface area contributed by atoms with Gasteiger partial charge in [-0.15, -0.1) is 0 Å². The van der Waals surface area contributed by atoms with Crippen molar-refractivity contribution < 1.29 is 19.0 Å². The zero-order valence-electron chi connectivity index (χ0n) is 13.6. The van der Waals surface area contributed by atoms with Crippen LogP contribution in [0.15, 0.2) is 42.5 Å². The van der Waals surface area contributed by atoms with Crippen LogP contribution in [-0.4, -0.2) is 27.2 Å². The molecule has 0 aliphatic heterocycles. The normalized spacial score (nSPS) is 10.5. The molecule has 0 atom stereocenters. The molecule has 0 fully saturated rings. The highest BCUT2D eigenvalue weighted by Crippen LogP contribution is 2.28. The Hall–Kier alpha value is -2.66. The van der Waals surface area contributed by atoms with E-state index >= 15 is 0 Å². The third-order valence-corrected chi connectivity index (χ3v) is 3.57. The van der Waals surface area contributed by atoms with Gasteiger partial charge in [0.1, 0.15) is 17.2 Å². The number of anilines is 1. The van der Waals surface area contributed by atoms with Crippen molar-refractivity contribution in [3.63, 3.8) is 0 Å². The Bertz CT molecular complexity index is 759. The van der Waals surface area contributed by atoms with Gasteiger partial charge in [-0.1, -0.05) is 11.6 Å². The predicted octanol–water partition coefficient (Wildman–Crippen LogP) is 4.02. The highest BCUT2D eigenvalue weighted by Gasteiger charge is 2.05. The molecule has 24 heavy (non-hydrogen) atoms. The van der Waals surface area contributed by atoms with Gasteiger partial charge in [0.15, 0.2) is 0 Å². The van der Waals surface area contributed by atoms with Gasteiger partial charge in [0.05, 0.1) is 26.4 Å². The van der Waals surface area contributed by atoms with Crippen LogP contribution in [0.25, 0.3) is 6.08 Å². The molecule has 126 valence electrons. The molecule has 1 amide bonds. The summed E-state index contributed by atoms with van der Waals surface area (Å²) in [5.41, 5.74) is 1.35. The Morgan fingerprint density at radius 2 is 1.75 bits per heavy atom. The fourth-order valence-electron chi connectivity index (χ4n) is 2.05. The standard InChI is InChI=1S/C18H18ClNO4/c1-22-14-7-4-12(17(11-14)24-3)5-9-18(21)20-13-6-8-16(23-2)15(19)10-13/h4-11H,1-3H3,(H,20,21). The van der Waals surface area contributed by atoms with Gasteiger partial charge in [0.25, 0.3) is 0 Å². The number of halogens is 1. The van der Waals surface area contributed by atoms with Crippen molar-refractivity contribution in [3.05, 3.63) is 53.1 Å². The van der Waals surface area contributed by atoms with E-state index < -0.39 is 0 Å². The molecule has 0 saturated heterocycles. The maximum absolute atomic E-state index is 12.0. The molecule has 0 aliphatic rings. The second-order valence-corrected chi connectivity index (χ2v) is 5.19. The van der Waals surface area contributed by atoms with Crippen LogP contribution in [0.3, 0.4) is 0 Å². The first-order valence-electron chi connectivity index (χ1n) is 7.12. The number of carbonyl (C=O) groups is 1. The number of hydrogen-bond donors (Lipinski definition) is 1. The summed E-state index contributed by atoms with van der Waals surface area (Å²) in [6.07, 6.45) is 3.08. The maximum atomic E-state index is 12.0. The Morgan fingerprint density at radius 3 is 2.38 bits per heavy atom. The van der Waals surface area contributed by atoms with E-state index in [4.69, 9.17) is 25.8 Å². The fourth-order valence-corrected chi connectivity index (χ4v) is 2.31. The molecule has 0 bridgehead atoms. The van der Waals surface area contributed by atoms with Crippen LogP contribution >= 0.6 is 11.6 Å². The van der Waals surface area contributed by atoms with Gasteiger partial charge in [0, 0.05) is 23.4 Å². The van der Waals surface area contributed by atoms with Gasteiger partial charge < -0.3 is 19.5 Å². The minimum Gasteiger partial charge on any atom is -0.497 e. The van der Waals surface area contributed by atoms with Crippen LogP contribution in [0.2, 0.25) is 5.02 Å². The summed E-state index contributed by atoms with van der Waals surface area (Å²) >= 11 is 6.03. The molecule has 0 heterocycles. The topological polar surface area (TPSA) is 56.8 Å². The van der Waals surface area contributed by atoms with Gasteiger partial charge in [-0.25, -0.2) is 0 Å². The predicted molar refractivity (Wildman–Crippen MR) is 95.2 cm³/mol. The van der Waals surface area contributed by atoms with E-state index in [1.807, 2.05) is 6.07 Å². The number of amides is 1. The zero-order chi connectivity index (χ0) is 17.5. The van der Waals surface area contributed by atoms with E-state index in [0.717, 1.165) is 5.56 Å². The molecule has 0 aromatic heterocycles. The average Bonchev–Trinajstić information content (AvgIpc) is 2.60. The van der Waals surface area contributed by atoms with Crippen molar-refractivity contribution in [2.24, 2.45) is 0 Å². The van der Waals surface area contributed by atoms with E-state index in [1.165, 1.54) is 13.2 Å². The van der Waals surface area contributed by atoms with Crippen molar-refractivity contribution >= 4 is 29.3 Å². The molecule has 0 spiro atoms. The molecule has 0 aliphatic carbocycles. The van der Waals surface area contributed by atoms with Gasteiger partial charge in [-0.05, 0) is 36.4 Å². The van der Waals surface area contributed by atoms with Gasteiger partial charge in [-0.3, -0.25) is 4.79 Å². The van der Waals surface area contributed by atoms with Crippen LogP contribution in [0.4, 0.5) is 5.69 Å². The fraction of sp³-hybridized carbons (Fsp3) is 0.167. The molecule has 0 saturated carbocycles. The molecule has 2 aromatic carbocycles. The zero-order valence-corrected chi connectivity index (χ0v) is 14.4. The first-order valence-corrected chi connectivity index (χ1v) is 7.49. The highest BCUT2D eigenvalue weighted by molar-refractivity contribution is 6.32. The summed E-state index contributed by atoms with van der Waals surface area (Å²) in [4.78, 5) is 12.0.